The number of hydrogen-bond donors (Lipinski definition) is 1. The van der Waals surface area contributed by atoms with E-state index in [-0.39, 0.29) is 5.69 Å². The van der Waals surface area contributed by atoms with Crippen LogP contribution in [0.2, 0.25) is 0 Å². The first-order chi connectivity index (χ1) is 8.74. The molecule has 4 heteroatoms. The molecule has 0 fully saturated rings. The van der Waals surface area contributed by atoms with Crippen LogP contribution in [0.1, 0.15) is 5.56 Å². The van der Waals surface area contributed by atoms with Crippen molar-refractivity contribution in [1.82, 2.24) is 9.55 Å². The summed E-state index contributed by atoms with van der Waals surface area (Å²) < 4.78 is 1.78. The van der Waals surface area contributed by atoms with Crippen molar-refractivity contribution in [2.24, 2.45) is 0 Å². The molecule has 0 saturated heterocycles. The van der Waals surface area contributed by atoms with Crippen LogP contribution >= 0.6 is 0 Å². The van der Waals surface area contributed by atoms with Crippen molar-refractivity contribution in [1.29, 1.82) is 0 Å². The Kier molecular flexibility index (Phi) is 2.56. The number of nitrogens with zero attached hydrogens (tertiary/aromatic N) is 1. The van der Waals surface area contributed by atoms with E-state index >= 15 is 0 Å². The van der Waals surface area contributed by atoms with Crippen molar-refractivity contribution in [3.63, 3.8) is 0 Å². The van der Waals surface area contributed by atoms with Crippen molar-refractivity contribution in [3.8, 4) is 0 Å². The van der Waals surface area contributed by atoms with Gasteiger partial charge in [0.05, 0.1) is 17.6 Å². The lowest BCUT2D eigenvalue weighted by Gasteiger charge is -2.04. The summed E-state index contributed by atoms with van der Waals surface area (Å²) in [4.78, 5) is 14.8. The average Bonchev–Trinajstić information content (AvgIpc) is 2.67. The van der Waals surface area contributed by atoms with Crippen LogP contribution in [-0.4, -0.2) is 17.4 Å². The quantitative estimate of drug-likeness (QED) is 0.651. The van der Waals surface area contributed by atoms with Gasteiger partial charge in [-0.1, -0.05) is 41.9 Å². The predicted molar refractivity (Wildman–Crippen MR) is 76.3 cm³/mol. The molecule has 0 amide bonds. The maximum Gasteiger partial charge on any atom is 0.326 e. The predicted octanol–water partition coefficient (Wildman–Crippen LogP) is 0.636. The first kappa shape index (κ1) is 10.9. The highest BCUT2D eigenvalue weighted by Crippen LogP contribution is 2.10. The number of imidazole rings is 1. The second-order valence-corrected chi connectivity index (χ2v) is 4.52. The van der Waals surface area contributed by atoms with E-state index in [1.54, 1.807) is 4.57 Å². The normalized spacial score (nSPS) is 10.9. The van der Waals surface area contributed by atoms with E-state index in [9.17, 15) is 4.79 Å². The van der Waals surface area contributed by atoms with Crippen molar-refractivity contribution < 1.29 is 0 Å². The van der Waals surface area contributed by atoms with Crippen LogP contribution in [0.25, 0.3) is 11.0 Å². The fraction of sp³-hybridized carbons (Fsp3) is 0.0714. The molecule has 0 atom stereocenters. The molecule has 1 heterocycles. The van der Waals surface area contributed by atoms with Gasteiger partial charge in [-0.25, -0.2) is 4.79 Å². The summed E-state index contributed by atoms with van der Waals surface area (Å²) in [6, 6.07) is 16.0. The maximum atomic E-state index is 12.0. The smallest absolute Gasteiger partial charge is 0.306 e. The third kappa shape index (κ3) is 1.86. The average molecular weight is 236 g/mol. The Labute approximate surface area is 105 Å². The number of aromatic nitrogens is 2. The Hall–Kier alpha value is -2.23. The summed E-state index contributed by atoms with van der Waals surface area (Å²) in [5.41, 5.74) is 4.08. The third-order valence-corrected chi connectivity index (χ3v) is 3.11. The number of fused-ring (bicyclic) bond motifs is 1. The zero-order chi connectivity index (χ0) is 12.5. The monoisotopic (exact) mass is 236 g/mol. The largest absolute Gasteiger partial charge is 0.326 e. The number of H-pyrrole nitrogens is 1. The van der Waals surface area contributed by atoms with E-state index < -0.39 is 0 Å². The van der Waals surface area contributed by atoms with Gasteiger partial charge in [0.15, 0.2) is 0 Å². The molecule has 1 aromatic heterocycles. The highest BCUT2D eigenvalue weighted by atomic mass is 16.1. The first-order valence-electron chi connectivity index (χ1n) is 5.97. The summed E-state index contributed by atoms with van der Waals surface area (Å²) >= 11 is 0. The zero-order valence-corrected chi connectivity index (χ0v) is 10.2. The number of rotatable bonds is 2. The van der Waals surface area contributed by atoms with E-state index in [1.807, 2.05) is 56.4 Å². The van der Waals surface area contributed by atoms with Gasteiger partial charge in [0.2, 0.25) is 0 Å². The Balaban J connectivity index is 2.14. The fourth-order valence-electron chi connectivity index (χ4n) is 2.19. The minimum atomic E-state index is -0.0561. The van der Waals surface area contributed by atoms with Gasteiger partial charge in [0.25, 0.3) is 0 Å². The van der Waals surface area contributed by atoms with Crippen LogP contribution in [0.3, 0.4) is 0 Å². The van der Waals surface area contributed by atoms with Crippen molar-refractivity contribution in [2.75, 3.05) is 0 Å². The van der Waals surface area contributed by atoms with E-state index in [0.29, 0.717) is 6.54 Å². The molecule has 0 spiro atoms. The van der Waals surface area contributed by atoms with Crippen molar-refractivity contribution >= 4 is 24.3 Å². The Morgan fingerprint density at radius 3 is 2.67 bits per heavy atom. The van der Waals surface area contributed by atoms with Gasteiger partial charge in [-0.05, 0) is 17.7 Å². The highest BCUT2D eigenvalue weighted by Gasteiger charge is 2.06. The first-order valence-corrected chi connectivity index (χ1v) is 5.97. The molecule has 0 unspecified atom stereocenters. The second-order valence-electron chi connectivity index (χ2n) is 4.52. The summed E-state index contributed by atoms with van der Waals surface area (Å²) in [6.45, 7) is 0.600. The fourth-order valence-corrected chi connectivity index (χ4v) is 2.19. The van der Waals surface area contributed by atoms with Crippen LogP contribution in [0.4, 0.5) is 0 Å². The number of nitrogens with one attached hydrogen (secondary N) is 1. The van der Waals surface area contributed by atoms with Gasteiger partial charge < -0.3 is 4.98 Å². The molecule has 3 rings (SSSR count). The van der Waals surface area contributed by atoms with Gasteiger partial charge in [-0.2, -0.15) is 0 Å². The lowest BCUT2D eigenvalue weighted by atomic mass is 9.96. The summed E-state index contributed by atoms with van der Waals surface area (Å²) in [6.07, 6.45) is 0. The number of aromatic amines is 1. The molecule has 0 bridgehead atoms. The lowest BCUT2D eigenvalue weighted by molar-refractivity contribution is 0.787. The van der Waals surface area contributed by atoms with Crippen LogP contribution in [-0.2, 0) is 6.54 Å². The highest BCUT2D eigenvalue weighted by molar-refractivity contribution is 6.33. The molecule has 0 aliphatic rings. The molecule has 18 heavy (non-hydrogen) atoms. The second kappa shape index (κ2) is 4.22. The van der Waals surface area contributed by atoms with Gasteiger partial charge >= 0.3 is 5.69 Å². The summed E-state index contributed by atoms with van der Waals surface area (Å²) in [7, 11) is 2.03. The molecular formula is C14H13BN2O. The molecule has 88 valence electrons. The molecule has 2 aromatic carbocycles. The SMILES string of the molecule is Bc1ccc2[nH]c(=O)n(Cc3ccccc3)c2c1. The standard InChI is InChI=1S/C14H13BN2O/c15-11-6-7-12-13(8-11)17(14(18)16-12)9-10-4-2-1-3-5-10/h1-8H,9,15H2,(H,16,18). The number of benzene rings is 2. The Morgan fingerprint density at radius 2 is 1.89 bits per heavy atom. The maximum absolute atomic E-state index is 12.0. The van der Waals surface area contributed by atoms with Gasteiger partial charge in [0.1, 0.15) is 7.85 Å². The van der Waals surface area contributed by atoms with Gasteiger partial charge in [-0.15, -0.1) is 0 Å². The minimum absolute atomic E-state index is 0.0561. The van der Waals surface area contributed by atoms with Crippen LogP contribution in [0, 0.1) is 0 Å². The molecular weight excluding hydrogens is 223 g/mol. The van der Waals surface area contributed by atoms with Crippen LogP contribution in [0.5, 0.6) is 0 Å². The molecule has 0 aliphatic carbocycles. The number of hydrogen-bond acceptors (Lipinski definition) is 1. The molecule has 0 radical (unpaired) electrons. The summed E-state index contributed by atoms with van der Waals surface area (Å²) in [5, 5.41) is 0. The van der Waals surface area contributed by atoms with Crippen molar-refractivity contribution in [3.05, 3.63) is 64.6 Å². The van der Waals surface area contributed by atoms with E-state index in [0.717, 1.165) is 22.1 Å². The van der Waals surface area contributed by atoms with E-state index in [2.05, 4.69) is 4.98 Å². The molecule has 0 saturated carbocycles. The lowest BCUT2D eigenvalue weighted by Crippen LogP contribution is -2.17. The van der Waals surface area contributed by atoms with Crippen LogP contribution < -0.4 is 11.2 Å². The molecule has 1 N–H and O–H groups in total. The summed E-state index contributed by atoms with van der Waals surface area (Å²) in [5.74, 6) is 0. The van der Waals surface area contributed by atoms with Gasteiger partial charge in [-0.3, -0.25) is 4.57 Å². The topological polar surface area (TPSA) is 37.8 Å². The minimum Gasteiger partial charge on any atom is -0.306 e. The molecule has 0 aliphatic heterocycles. The Morgan fingerprint density at radius 1 is 1.11 bits per heavy atom. The molecule has 3 aromatic rings. The van der Waals surface area contributed by atoms with E-state index in [1.165, 1.54) is 0 Å². The van der Waals surface area contributed by atoms with E-state index in [4.69, 9.17) is 0 Å². The third-order valence-electron chi connectivity index (χ3n) is 3.11. The van der Waals surface area contributed by atoms with Crippen LogP contribution in [0.15, 0.2) is 53.3 Å². The molecule has 3 nitrogen and oxygen atoms in total. The van der Waals surface area contributed by atoms with Crippen molar-refractivity contribution in [2.45, 2.75) is 6.54 Å². The van der Waals surface area contributed by atoms with Gasteiger partial charge in [0, 0.05) is 0 Å². The Bertz CT molecular complexity index is 743. The zero-order valence-electron chi connectivity index (χ0n) is 10.2.